The maximum absolute atomic E-state index is 12.5. The molecule has 1 atom stereocenters. The van der Waals surface area contributed by atoms with E-state index >= 15 is 0 Å². The van der Waals surface area contributed by atoms with E-state index in [4.69, 9.17) is 0 Å². The highest BCUT2D eigenvalue weighted by Gasteiger charge is 2.29. The second kappa shape index (κ2) is 7.12. The van der Waals surface area contributed by atoms with Crippen molar-refractivity contribution in [2.24, 2.45) is 0 Å². The molecule has 1 aromatic heterocycles. The van der Waals surface area contributed by atoms with E-state index in [1.54, 1.807) is 4.90 Å². The molecule has 0 bridgehead atoms. The third kappa shape index (κ3) is 3.64. The van der Waals surface area contributed by atoms with Gasteiger partial charge in [-0.15, -0.1) is 0 Å². The van der Waals surface area contributed by atoms with E-state index < -0.39 is 10.5 Å². The molecule has 0 N–H and O–H groups in total. The monoisotopic (exact) mass is 334 g/mol. The summed E-state index contributed by atoms with van der Waals surface area (Å²) in [6, 6.07) is 2.69. The van der Waals surface area contributed by atoms with Crippen LogP contribution in [0.25, 0.3) is 0 Å². The first kappa shape index (κ1) is 16.6. The number of pyridine rings is 1. The predicted molar refractivity (Wildman–Crippen MR) is 87.8 cm³/mol. The van der Waals surface area contributed by atoms with Crippen LogP contribution in [0.15, 0.2) is 23.1 Å². The fourth-order valence-electron chi connectivity index (χ4n) is 3.58. The Morgan fingerprint density at radius 3 is 2.67 bits per heavy atom. The first-order valence-corrected chi connectivity index (χ1v) is 8.41. The lowest BCUT2D eigenvalue weighted by Gasteiger charge is -2.37. The van der Waals surface area contributed by atoms with Crippen LogP contribution >= 0.6 is 0 Å². The summed E-state index contributed by atoms with van der Waals surface area (Å²) in [5.74, 6) is -0.151. The van der Waals surface area contributed by atoms with Crippen molar-refractivity contribution in [1.29, 1.82) is 0 Å². The van der Waals surface area contributed by atoms with E-state index in [-0.39, 0.29) is 18.1 Å². The van der Waals surface area contributed by atoms with Crippen molar-refractivity contribution < 1.29 is 9.72 Å². The third-order valence-electron chi connectivity index (χ3n) is 4.89. The van der Waals surface area contributed by atoms with Crippen molar-refractivity contribution in [2.45, 2.75) is 38.3 Å². The zero-order valence-electron chi connectivity index (χ0n) is 13.6. The number of carbonyl (C=O) groups excluding carboxylic acids is 1. The highest BCUT2D eigenvalue weighted by molar-refractivity contribution is 5.76. The van der Waals surface area contributed by atoms with E-state index in [9.17, 15) is 19.7 Å². The molecule has 2 fully saturated rings. The van der Waals surface area contributed by atoms with Crippen LogP contribution in [0.2, 0.25) is 0 Å². The molecule has 24 heavy (non-hydrogen) atoms. The molecule has 1 aromatic rings. The van der Waals surface area contributed by atoms with Gasteiger partial charge in [0.1, 0.15) is 6.54 Å². The van der Waals surface area contributed by atoms with E-state index in [1.165, 1.54) is 12.8 Å². The van der Waals surface area contributed by atoms with Crippen LogP contribution in [0.4, 0.5) is 5.69 Å². The average Bonchev–Trinajstić information content (AvgIpc) is 3.11. The molecule has 0 radical (unpaired) electrons. The summed E-state index contributed by atoms with van der Waals surface area (Å²) in [6.07, 6.45) is 5.63. The highest BCUT2D eigenvalue weighted by Crippen LogP contribution is 2.20. The van der Waals surface area contributed by atoms with Gasteiger partial charge < -0.3 is 4.90 Å². The number of nitro groups is 1. The molecule has 2 aliphatic heterocycles. The quantitative estimate of drug-likeness (QED) is 0.601. The molecule has 0 unspecified atom stereocenters. The number of piperidine rings is 1. The summed E-state index contributed by atoms with van der Waals surface area (Å²) in [7, 11) is 0. The summed E-state index contributed by atoms with van der Waals surface area (Å²) < 4.78 is 1.12. The lowest BCUT2D eigenvalue weighted by molar-refractivity contribution is -0.385. The second-order valence-corrected chi connectivity index (χ2v) is 6.49. The zero-order valence-corrected chi connectivity index (χ0v) is 13.6. The highest BCUT2D eigenvalue weighted by atomic mass is 16.6. The lowest BCUT2D eigenvalue weighted by Crippen LogP contribution is -2.50. The Morgan fingerprint density at radius 1 is 1.21 bits per heavy atom. The molecule has 0 saturated carbocycles. The van der Waals surface area contributed by atoms with Gasteiger partial charge >= 0.3 is 0 Å². The van der Waals surface area contributed by atoms with Gasteiger partial charge in [-0.2, -0.15) is 0 Å². The average molecular weight is 334 g/mol. The van der Waals surface area contributed by atoms with Gasteiger partial charge in [0.25, 0.3) is 11.2 Å². The van der Waals surface area contributed by atoms with Crippen LogP contribution in [-0.4, -0.2) is 57.4 Å². The van der Waals surface area contributed by atoms with E-state index in [0.29, 0.717) is 19.1 Å². The number of carbonyl (C=O) groups is 1. The molecule has 2 aliphatic rings. The minimum Gasteiger partial charge on any atom is -0.340 e. The molecule has 0 aromatic carbocycles. The smallest absolute Gasteiger partial charge is 0.285 e. The van der Waals surface area contributed by atoms with Crippen molar-refractivity contribution in [3.05, 3.63) is 38.8 Å². The summed E-state index contributed by atoms with van der Waals surface area (Å²) >= 11 is 0. The number of aromatic nitrogens is 1. The molecular formula is C16H22N4O4. The summed E-state index contributed by atoms with van der Waals surface area (Å²) in [6.45, 7) is 3.41. The van der Waals surface area contributed by atoms with Gasteiger partial charge in [0, 0.05) is 31.3 Å². The fraction of sp³-hybridized carbons (Fsp3) is 0.625. The van der Waals surface area contributed by atoms with E-state index in [1.807, 2.05) is 0 Å². The molecule has 130 valence electrons. The van der Waals surface area contributed by atoms with Crippen molar-refractivity contribution in [2.75, 3.05) is 26.2 Å². The molecule has 8 heteroatoms. The van der Waals surface area contributed by atoms with Crippen LogP contribution in [0.1, 0.15) is 25.7 Å². The Labute approximate surface area is 139 Å². The predicted octanol–water partition coefficient (Wildman–Crippen LogP) is 0.843. The molecular weight excluding hydrogens is 312 g/mol. The molecule has 0 aliphatic carbocycles. The number of rotatable bonds is 4. The zero-order chi connectivity index (χ0) is 17.1. The van der Waals surface area contributed by atoms with Crippen LogP contribution in [0.3, 0.4) is 0 Å². The minimum atomic E-state index is -0.565. The van der Waals surface area contributed by atoms with Crippen LogP contribution in [-0.2, 0) is 11.3 Å². The third-order valence-corrected chi connectivity index (χ3v) is 4.89. The van der Waals surface area contributed by atoms with Crippen molar-refractivity contribution in [1.82, 2.24) is 14.4 Å². The number of likely N-dealkylation sites (tertiary alicyclic amines) is 2. The summed E-state index contributed by atoms with van der Waals surface area (Å²) in [4.78, 5) is 38.9. The Bertz CT molecular complexity index is 681. The normalized spacial score (nSPS) is 21.8. The van der Waals surface area contributed by atoms with Crippen LogP contribution in [0, 0.1) is 10.1 Å². The van der Waals surface area contributed by atoms with Gasteiger partial charge in [0.2, 0.25) is 5.91 Å². The topological polar surface area (TPSA) is 88.7 Å². The molecule has 8 nitrogen and oxygen atoms in total. The number of hydrogen-bond donors (Lipinski definition) is 0. The van der Waals surface area contributed by atoms with Crippen LogP contribution in [0.5, 0.6) is 0 Å². The van der Waals surface area contributed by atoms with Gasteiger partial charge in [-0.05, 0) is 38.8 Å². The molecule has 3 heterocycles. The number of nitrogens with zero attached hydrogens (tertiary/aromatic N) is 4. The Hall–Kier alpha value is -2.22. The minimum absolute atomic E-state index is 0.146. The van der Waals surface area contributed by atoms with Gasteiger partial charge in [-0.25, -0.2) is 0 Å². The summed E-state index contributed by atoms with van der Waals surface area (Å²) in [5, 5.41) is 10.8. The SMILES string of the molecule is O=C(Cn1cc([N+](=O)[O-])ccc1=O)N1CCC[C@@H](N2CCCC2)C1. The maximum atomic E-state index is 12.5. The van der Waals surface area contributed by atoms with Gasteiger partial charge in [-0.3, -0.25) is 29.2 Å². The number of amides is 1. The van der Waals surface area contributed by atoms with E-state index in [0.717, 1.165) is 48.8 Å². The van der Waals surface area contributed by atoms with Crippen molar-refractivity contribution >= 4 is 11.6 Å². The fourth-order valence-corrected chi connectivity index (χ4v) is 3.58. The van der Waals surface area contributed by atoms with Crippen LogP contribution < -0.4 is 5.56 Å². The van der Waals surface area contributed by atoms with Gasteiger partial charge in [0.05, 0.1) is 11.1 Å². The Kier molecular flexibility index (Phi) is 4.94. The summed E-state index contributed by atoms with van der Waals surface area (Å²) in [5.41, 5.74) is -0.585. The second-order valence-electron chi connectivity index (χ2n) is 6.49. The number of hydrogen-bond acceptors (Lipinski definition) is 5. The first-order valence-electron chi connectivity index (χ1n) is 8.41. The Balaban J connectivity index is 1.67. The van der Waals surface area contributed by atoms with Gasteiger partial charge in [0.15, 0.2) is 0 Å². The molecule has 0 spiro atoms. The maximum Gasteiger partial charge on any atom is 0.285 e. The molecule has 2 saturated heterocycles. The Morgan fingerprint density at radius 2 is 1.96 bits per heavy atom. The lowest BCUT2D eigenvalue weighted by atomic mass is 10.0. The molecule has 3 rings (SSSR count). The van der Waals surface area contributed by atoms with Crippen molar-refractivity contribution in [3.63, 3.8) is 0 Å². The largest absolute Gasteiger partial charge is 0.340 e. The molecule has 1 amide bonds. The van der Waals surface area contributed by atoms with Gasteiger partial charge in [-0.1, -0.05) is 0 Å². The van der Waals surface area contributed by atoms with E-state index in [2.05, 4.69) is 4.90 Å². The van der Waals surface area contributed by atoms with Crippen molar-refractivity contribution in [3.8, 4) is 0 Å². The first-order chi connectivity index (χ1) is 11.5. The standard InChI is InChI=1S/C16H22N4O4/c21-15-6-5-14(20(23)24)11-19(15)12-16(22)18-9-3-4-13(10-18)17-7-1-2-8-17/h5-6,11,13H,1-4,7-10,12H2/t13-/m1/s1.